The number of hydrogen-bond donors (Lipinski definition) is 3. The quantitative estimate of drug-likeness (QED) is 0.0137. The van der Waals surface area contributed by atoms with Crippen LogP contribution >= 0.6 is 7.82 Å². The van der Waals surface area contributed by atoms with E-state index in [9.17, 15) is 29.3 Å². The molecule has 0 aliphatic heterocycles. The maximum Gasteiger partial charge on any atom is 0.472 e. The van der Waals surface area contributed by atoms with Crippen molar-refractivity contribution in [1.29, 1.82) is 0 Å². The zero-order valence-corrected chi connectivity index (χ0v) is 38.1. The molecular formula is C46H85NO10P+. The first-order valence-electron chi connectivity index (χ1n) is 22.9. The lowest BCUT2D eigenvalue weighted by molar-refractivity contribution is -0.870. The molecule has 12 heteroatoms. The number of phosphoric ester groups is 1. The summed E-state index contributed by atoms with van der Waals surface area (Å²) < 4.78 is 34.7. The summed E-state index contributed by atoms with van der Waals surface area (Å²) in [5, 5.41) is 20.8. The predicted octanol–water partition coefficient (Wildman–Crippen LogP) is 10.3. The summed E-state index contributed by atoms with van der Waals surface area (Å²) in [6.45, 7) is 4.52. The Morgan fingerprint density at radius 1 is 0.810 bits per heavy atom. The molecule has 1 aliphatic rings. The van der Waals surface area contributed by atoms with Crippen LogP contribution in [0, 0.1) is 11.8 Å². The first kappa shape index (κ1) is 54.2. The minimum absolute atomic E-state index is 0.0256. The van der Waals surface area contributed by atoms with Crippen molar-refractivity contribution in [3.05, 3.63) is 36.6 Å². The van der Waals surface area contributed by atoms with Gasteiger partial charge in [0.1, 0.15) is 25.5 Å². The average molecular weight is 843 g/mol. The number of nitrogens with zero attached hydrogens (tertiary/aromatic N) is 1. The van der Waals surface area contributed by atoms with Gasteiger partial charge < -0.3 is 29.1 Å². The van der Waals surface area contributed by atoms with Crippen molar-refractivity contribution in [2.45, 2.75) is 186 Å². The van der Waals surface area contributed by atoms with E-state index in [-0.39, 0.29) is 56.3 Å². The average Bonchev–Trinajstić information content (AvgIpc) is 3.44. The second kappa shape index (κ2) is 33.8. The molecule has 0 aromatic carbocycles. The van der Waals surface area contributed by atoms with Crippen LogP contribution in [0.15, 0.2) is 36.6 Å². The summed E-state index contributed by atoms with van der Waals surface area (Å²) in [4.78, 5) is 35.4. The van der Waals surface area contributed by atoms with Gasteiger partial charge in [-0.1, -0.05) is 122 Å². The molecule has 0 radical (unpaired) electrons. The zero-order valence-electron chi connectivity index (χ0n) is 37.2. The summed E-state index contributed by atoms with van der Waals surface area (Å²) in [5.74, 6) is -0.881. The molecule has 1 rings (SSSR count). The SMILES string of the molecule is CCCCCCCC/C=C\CCCCCC/C=C/O[C@H](COC(=O)CCCCCC[C@H]1[C@@H](O)CC(=O)[C@@H]1/C=C/[C@@H](O)CCCCC)COP(=O)(O)OCC[N+](C)(C)C. The lowest BCUT2D eigenvalue weighted by atomic mass is 9.88. The Hall–Kier alpha value is -1.85. The van der Waals surface area contributed by atoms with Crippen LogP contribution in [0.3, 0.4) is 0 Å². The van der Waals surface area contributed by atoms with Crippen molar-refractivity contribution >= 4 is 19.6 Å². The zero-order chi connectivity index (χ0) is 42.9. The molecule has 0 bridgehead atoms. The summed E-state index contributed by atoms with van der Waals surface area (Å²) in [5.41, 5.74) is 0. The van der Waals surface area contributed by atoms with Crippen LogP contribution in [-0.2, 0) is 32.7 Å². The van der Waals surface area contributed by atoms with E-state index in [0.29, 0.717) is 30.3 Å². The number of phosphoric acid groups is 1. The first-order valence-corrected chi connectivity index (χ1v) is 24.4. The van der Waals surface area contributed by atoms with Crippen molar-refractivity contribution in [1.82, 2.24) is 0 Å². The van der Waals surface area contributed by atoms with Gasteiger partial charge in [-0.15, -0.1) is 0 Å². The molecule has 6 atom stereocenters. The molecule has 0 aromatic rings. The first-order chi connectivity index (χ1) is 27.8. The van der Waals surface area contributed by atoms with Crippen molar-refractivity contribution in [2.75, 3.05) is 47.5 Å². The van der Waals surface area contributed by atoms with Crippen LogP contribution in [0.25, 0.3) is 0 Å². The number of aliphatic hydroxyl groups is 2. The Balaban J connectivity index is 2.43. The lowest BCUT2D eigenvalue weighted by Crippen LogP contribution is -2.37. The molecule has 11 nitrogen and oxygen atoms in total. The second-order valence-electron chi connectivity index (χ2n) is 17.3. The summed E-state index contributed by atoms with van der Waals surface area (Å²) >= 11 is 0. The fourth-order valence-electron chi connectivity index (χ4n) is 6.96. The Morgan fingerprint density at radius 3 is 2.05 bits per heavy atom. The molecule has 1 fully saturated rings. The minimum Gasteiger partial charge on any atom is -0.492 e. The van der Waals surface area contributed by atoms with Crippen LogP contribution in [0.2, 0.25) is 0 Å². The number of carbonyl (C=O) groups excluding carboxylic acids is 2. The highest BCUT2D eigenvalue weighted by atomic mass is 31.2. The highest BCUT2D eigenvalue weighted by molar-refractivity contribution is 7.47. The number of ether oxygens (including phenoxy) is 2. The smallest absolute Gasteiger partial charge is 0.472 e. The van der Waals surface area contributed by atoms with Gasteiger partial charge in [0.05, 0.1) is 46.2 Å². The van der Waals surface area contributed by atoms with Crippen molar-refractivity contribution in [2.24, 2.45) is 11.8 Å². The van der Waals surface area contributed by atoms with E-state index in [1.54, 1.807) is 18.4 Å². The maximum atomic E-state index is 12.6. The number of aliphatic hydroxyl groups excluding tert-OH is 2. The molecule has 0 saturated heterocycles. The number of carbonyl (C=O) groups is 2. The fraction of sp³-hybridized carbons (Fsp3) is 0.826. The Bertz CT molecular complexity index is 1190. The third-order valence-corrected chi connectivity index (χ3v) is 11.7. The van der Waals surface area contributed by atoms with E-state index in [0.717, 1.165) is 64.2 Å². The fourth-order valence-corrected chi connectivity index (χ4v) is 7.71. The van der Waals surface area contributed by atoms with Gasteiger partial charge in [0.25, 0.3) is 0 Å². The van der Waals surface area contributed by atoms with E-state index in [1.165, 1.54) is 57.8 Å². The van der Waals surface area contributed by atoms with E-state index in [1.807, 2.05) is 27.2 Å². The number of allylic oxidation sites excluding steroid dienone is 4. The van der Waals surface area contributed by atoms with Crippen LogP contribution < -0.4 is 0 Å². The Morgan fingerprint density at radius 2 is 1.40 bits per heavy atom. The molecule has 1 unspecified atom stereocenters. The van der Waals surface area contributed by atoms with Gasteiger partial charge in [-0.3, -0.25) is 18.6 Å². The molecule has 58 heavy (non-hydrogen) atoms. The molecule has 1 saturated carbocycles. The minimum atomic E-state index is -4.33. The Kier molecular flexibility index (Phi) is 31.6. The van der Waals surface area contributed by atoms with Gasteiger partial charge >= 0.3 is 13.8 Å². The van der Waals surface area contributed by atoms with E-state index >= 15 is 0 Å². The van der Waals surface area contributed by atoms with Gasteiger partial charge in [-0.2, -0.15) is 0 Å². The van der Waals surface area contributed by atoms with Gasteiger partial charge in [-0.25, -0.2) is 4.57 Å². The number of Topliss-reactive ketones (excluding diaryl/α,β-unsaturated/α-hetero) is 1. The molecule has 0 amide bonds. The molecule has 0 aromatic heterocycles. The van der Waals surface area contributed by atoms with Crippen molar-refractivity contribution < 1.29 is 52.3 Å². The maximum absolute atomic E-state index is 12.6. The van der Waals surface area contributed by atoms with Crippen molar-refractivity contribution in [3.8, 4) is 0 Å². The van der Waals surface area contributed by atoms with E-state index < -0.39 is 26.1 Å². The molecule has 0 spiro atoms. The van der Waals surface area contributed by atoms with Crippen LogP contribution in [0.5, 0.6) is 0 Å². The lowest BCUT2D eigenvalue weighted by Gasteiger charge is -2.24. The van der Waals surface area contributed by atoms with Crippen LogP contribution in [0.1, 0.15) is 168 Å². The number of rotatable bonds is 38. The number of esters is 1. The summed E-state index contributed by atoms with van der Waals surface area (Å²) in [7, 11) is 1.53. The van der Waals surface area contributed by atoms with Gasteiger partial charge in [-0.05, 0) is 69.8 Å². The number of ketones is 1. The normalized spacial score (nSPS) is 19.7. The number of unbranched alkanes of at least 4 members (excludes halogenated alkanes) is 16. The monoisotopic (exact) mass is 843 g/mol. The Labute approximate surface area is 353 Å². The van der Waals surface area contributed by atoms with Gasteiger partial charge in [0.15, 0.2) is 6.10 Å². The number of quaternary nitrogens is 1. The third-order valence-electron chi connectivity index (χ3n) is 10.7. The molecule has 0 heterocycles. The predicted molar refractivity (Wildman–Crippen MR) is 234 cm³/mol. The molecule has 3 N–H and O–H groups in total. The third kappa shape index (κ3) is 30.2. The molecule has 338 valence electrons. The number of hydrogen-bond acceptors (Lipinski definition) is 9. The van der Waals surface area contributed by atoms with E-state index in [4.69, 9.17) is 18.5 Å². The molecule has 1 aliphatic carbocycles. The largest absolute Gasteiger partial charge is 0.492 e. The van der Waals surface area contributed by atoms with Gasteiger partial charge in [0, 0.05) is 18.8 Å². The molecular weight excluding hydrogens is 757 g/mol. The standard InChI is InChI=1S/C46H84NO10P/c1-6-8-10-11-12-13-14-15-16-17-18-19-20-21-24-28-35-54-41(39-57-58(52,53)56-36-34-47(3,4)5)38-55-46(51)31-27-23-22-26-30-42-43(45(50)37-44(42)49)33-32-40(48)29-25-9-7-2/h15-16,28,32-33,35,40-44,48-49H,6-14,17-27,29-31,34,36-39H2,1-5H3/p+1/b16-15-,33-32+,35-28+/t40-,41+,42+,43+,44-/m0/s1. The highest BCUT2D eigenvalue weighted by Crippen LogP contribution is 2.43. The van der Waals surface area contributed by atoms with Crippen LogP contribution in [0.4, 0.5) is 0 Å². The number of likely N-dealkylation sites (N-methyl/N-ethyl adjacent to an activating group) is 1. The van der Waals surface area contributed by atoms with Crippen LogP contribution in [-0.4, -0.2) is 97.2 Å². The second-order valence-corrected chi connectivity index (χ2v) is 18.7. The highest BCUT2D eigenvalue weighted by Gasteiger charge is 2.39. The summed E-state index contributed by atoms with van der Waals surface area (Å²) in [6, 6.07) is 0. The summed E-state index contributed by atoms with van der Waals surface area (Å²) in [6.07, 6.45) is 33.2. The van der Waals surface area contributed by atoms with E-state index in [2.05, 4.69) is 26.0 Å². The van der Waals surface area contributed by atoms with Gasteiger partial charge in [0.2, 0.25) is 0 Å². The van der Waals surface area contributed by atoms with Crippen molar-refractivity contribution in [3.63, 3.8) is 0 Å². The topological polar surface area (TPSA) is 149 Å².